The number of nitrogens with one attached hydrogen (secondary N) is 1. The molecule has 0 radical (unpaired) electrons. The van der Waals surface area contributed by atoms with Gasteiger partial charge in [0.25, 0.3) is 0 Å². The van der Waals surface area contributed by atoms with Crippen LogP contribution in [0.15, 0.2) is 30.6 Å². The second kappa shape index (κ2) is 6.18. The first-order valence-corrected chi connectivity index (χ1v) is 7.39. The number of nitrogens with zero attached hydrogens (tertiary/aromatic N) is 3. The van der Waals surface area contributed by atoms with Crippen molar-refractivity contribution in [3.63, 3.8) is 0 Å². The van der Waals surface area contributed by atoms with Gasteiger partial charge in [-0.3, -0.25) is 4.98 Å². The molecule has 21 heavy (non-hydrogen) atoms. The van der Waals surface area contributed by atoms with Crippen LogP contribution in [0.2, 0.25) is 0 Å². The molecule has 0 amide bonds. The fraction of sp³-hybridized carbons (Fsp3) is 0.438. The van der Waals surface area contributed by atoms with E-state index in [1.54, 1.807) is 6.20 Å². The minimum absolute atomic E-state index is 0.0269. The highest BCUT2D eigenvalue weighted by atomic mass is 16.5. The minimum Gasteiger partial charge on any atom is -0.371 e. The molecule has 1 saturated heterocycles. The highest BCUT2D eigenvalue weighted by Gasteiger charge is 2.30. The highest BCUT2D eigenvalue weighted by Crippen LogP contribution is 2.30. The van der Waals surface area contributed by atoms with E-state index in [0.717, 1.165) is 42.3 Å². The Kier molecular flexibility index (Phi) is 4.10. The van der Waals surface area contributed by atoms with Gasteiger partial charge in [0.1, 0.15) is 17.7 Å². The van der Waals surface area contributed by atoms with Crippen molar-refractivity contribution in [2.75, 3.05) is 11.9 Å². The first kappa shape index (κ1) is 13.9. The van der Waals surface area contributed by atoms with Crippen LogP contribution in [0, 0.1) is 6.92 Å². The van der Waals surface area contributed by atoms with Crippen molar-refractivity contribution in [1.82, 2.24) is 15.0 Å². The van der Waals surface area contributed by atoms with Gasteiger partial charge in [-0.1, -0.05) is 13.0 Å². The molecule has 5 heteroatoms. The van der Waals surface area contributed by atoms with E-state index in [1.165, 1.54) is 0 Å². The topological polar surface area (TPSA) is 59.9 Å². The standard InChI is InChI=1S/C16H20N4O/c1-3-14-18-11(2)9-15(20-14)19-13-6-8-21-16(13)12-5-4-7-17-10-12/h4-5,7,9-10,13,16H,3,6,8H2,1-2H3,(H,18,19,20)/t13-,16+/m0/s1. The maximum absolute atomic E-state index is 5.86. The van der Waals surface area contributed by atoms with Gasteiger partial charge in [0, 0.05) is 42.7 Å². The molecule has 2 aromatic heterocycles. The summed E-state index contributed by atoms with van der Waals surface area (Å²) in [4.78, 5) is 13.1. The summed E-state index contributed by atoms with van der Waals surface area (Å²) in [6.45, 7) is 4.81. The Morgan fingerprint density at radius 3 is 3.05 bits per heavy atom. The molecular formula is C16H20N4O. The van der Waals surface area contributed by atoms with E-state index in [1.807, 2.05) is 25.3 Å². The van der Waals surface area contributed by atoms with Crippen LogP contribution in [-0.2, 0) is 11.2 Å². The summed E-state index contributed by atoms with van der Waals surface area (Å²) in [6.07, 6.45) is 5.47. The number of hydrogen-bond acceptors (Lipinski definition) is 5. The van der Waals surface area contributed by atoms with Gasteiger partial charge in [0.15, 0.2) is 0 Å². The molecule has 0 aromatic carbocycles. The summed E-state index contributed by atoms with van der Waals surface area (Å²) in [6, 6.07) is 6.20. The van der Waals surface area contributed by atoms with Gasteiger partial charge < -0.3 is 10.1 Å². The van der Waals surface area contributed by atoms with E-state index in [4.69, 9.17) is 4.74 Å². The predicted octanol–water partition coefficient (Wildman–Crippen LogP) is 2.68. The first-order valence-electron chi connectivity index (χ1n) is 7.39. The molecule has 3 heterocycles. The van der Waals surface area contributed by atoms with Gasteiger partial charge in [0.2, 0.25) is 0 Å². The lowest BCUT2D eigenvalue weighted by atomic mass is 10.0. The summed E-state index contributed by atoms with van der Waals surface area (Å²) < 4.78 is 5.86. The Hall–Kier alpha value is -2.01. The van der Waals surface area contributed by atoms with Gasteiger partial charge in [-0.2, -0.15) is 0 Å². The van der Waals surface area contributed by atoms with Crippen LogP contribution < -0.4 is 5.32 Å². The number of pyridine rings is 1. The third-order valence-electron chi connectivity index (χ3n) is 3.65. The van der Waals surface area contributed by atoms with Gasteiger partial charge in [-0.05, 0) is 19.4 Å². The van der Waals surface area contributed by atoms with Gasteiger partial charge >= 0.3 is 0 Å². The van der Waals surface area contributed by atoms with Gasteiger partial charge in [-0.15, -0.1) is 0 Å². The number of anilines is 1. The van der Waals surface area contributed by atoms with Crippen molar-refractivity contribution >= 4 is 5.82 Å². The van der Waals surface area contributed by atoms with E-state index in [-0.39, 0.29) is 12.1 Å². The minimum atomic E-state index is 0.0269. The zero-order chi connectivity index (χ0) is 14.7. The normalized spacial score (nSPS) is 21.4. The molecule has 0 aliphatic carbocycles. The van der Waals surface area contributed by atoms with Crippen molar-refractivity contribution in [2.24, 2.45) is 0 Å². The molecule has 0 bridgehead atoms. The molecular weight excluding hydrogens is 264 g/mol. The number of ether oxygens (including phenoxy) is 1. The monoisotopic (exact) mass is 284 g/mol. The van der Waals surface area contributed by atoms with Crippen LogP contribution in [0.25, 0.3) is 0 Å². The Bertz CT molecular complexity index is 602. The summed E-state index contributed by atoms with van der Waals surface area (Å²) in [5.74, 6) is 1.75. The summed E-state index contributed by atoms with van der Waals surface area (Å²) in [7, 11) is 0. The van der Waals surface area contributed by atoms with Crippen molar-refractivity contribution in [1.29, 1.82) is 0 Å². The lowest BCUT2D eigenvalue weighted by molar-refractivity contribution is 0.107. The average molecular weight is 284 g/mol. The first-order chi connectivity index (χ1) is 10.3. The molecule has 1 fully saturated rings. The predicted molar refractivity (Wildman–Crippen MR) is 81.1 cm³/mol. The van der Waals surface area contributed by atoms with E-state index in [2.05, 4.69) is 33.3 Å². The van der Waals surface area contributed by atoms with Crippen LogP contribution in [-0.4, -0.2) is 27.6 Å². The van der Waals surface area contributed by atoms with Gasteiger partial charge in [0.05, 0.1) is 6.04 Å². The Morgan fingerprint density at radius 1 is 1.38 bits per heavy atom. The average Bonchev–Trinajstić information content (AvgIpc) is 2.95. The zero-order valence-corrected chi connectivity index (χ0v) is 12.4. The SMILES string of the molecule is CCc1nc(C)cc(N[C@H]2CCO[C@@H]2c2cccnc2)n1. The van der Waals surface area contributed by atoms with Crippen LogP contribution in [0.4, 0.5) is 5.82 Å². The lowest BCUT2D eigenvalue weighted by Crippen LogP contribution is -2.24. The second-order valence-corrected chi connectivity index (χ2v) is 5.28. The largest absolute Gasteiger partial charge is 0.371 e. The third-order valence-corrected chi connectivity index (χ3v) is 3.65. The molecule has 110 valence electrons. The van der Waals surface area contributed by atoms with Crippen molar-refractivity contribution in [3.05, 3.63) is 47.7 Å². The van der Waals surface area contributed by atoms with Crippen LogP contribution >= 0.6 is 0 Å². The van der Waals surface area contributed by atoms with E-state index >= 15 is 0 Å². The molecule has 2 atom stereocenters. The third kappa shape index (κ3) is 3.19. The molecule has 1 aliphatic rings. The summed E-state index contributed by atoms with van der Waals surface area (Å²) >= 11 is 0. The second-order valence-electron chi connectivity index (χ2n) is 5.28. The zero-order valence-electron chi connectivity index (χ0n) is 12.4. The van der Waals surface area contributed by atoms with Crippen LogP contribution in [0.3, 0.4) is 0 Å². The molecule has 2 aromatic rings. The molecule has 5 nitrogen and oxygen atoms in total. The molecule has 1 aliphatic heterocycles. The number of aryl methyl sites for hydroxylation is 2. The number of hydrogen-bond donors (Lipinski definition) is 1. The van der Waals surface area contributed by atoms with E-state index < -0.39 is 0 Å². The fourth-order valence-corrected chi connectivity index (χ4v) is 2.66. The lowest BCUT2D eigenvalue weighted by Gasteiger charge is -2.20. The quantitative estimate of drug-likeness (QED) is 0.935. The summed E-state index contributed by atoms with van der Waals surface area (Å²) in [5, 5.41) is 3.50. The Labute approximate surface area is 124 Å². The van der Waals surface area contributed by atoms with Crippen molar-refractivity contribution in [3.8, 4) is 0 Å². The Morgan fingerprint density at radius 2 is 2.29 bits per heavy atom. The maximum Gasteiger partial charge on any atom is 0.130 e. The smallest absolute Gasteiger partial charge is 0.130 e. The highest BCUT2D eigenvalue weighted by molar-refractivity contribution is 5.38. The Balaban J connectivity index is 1.79. The number of aromatic nitrogens is 3. The van der Waals surface area contributed by atoms with Crippen LogP contribution in [0.1, 0.15) is 36.5 Å². The van der Waals surface area contributed by atoms with Gasteiger partial charge in [-0.25, -0.2) is 9.97 Å². The molecule has 0 unspecified atom stereocenters. The molecule has 1 N–H and O–H groups in total. The van der Waals surface area contributed by atoms with Crippen molar-refractivity contribution < 1.29 is 4.74 Å². The van der Waals surface area contributed by atoms with Crippen molar-refractivity contribution in [2.45, 2.75) is 38.8 Å². The van der Waals surface area contributed by atoms with E-state index in [9.17, 15) is 0 Å². The molecule has 3 rings (SSSR count). The molecule has 0 saturated carbocycles. The van der Waals surface area contributed by atoms with E-state index in [0.29, 0.717) is 0 Å². The van der Waals surface area contributed by atoms with Crippen LogP contribution in [0.5, 0.6) is 0 Å². The number of rotatable bonds is 4. The molecule has 0 spiro atoms. The summed E-state index contributed by atoms with van der Waals surface area (Å²) in [5.41, 5.74) is 2.09. The fourth-order valence-electron chi connectivity index (χ4n) is 2.66. The maximum atomic E-state index is 5.86.